The van der Waals surface area contributed by atoms with Gasteiger partial charge in [0.1, 0.15) is 11.3 Å². The van der Waals surface area contributed by atoms with Crippen LogP contribution in [0.2, 0.25) is 0 Å². The van der Waals surface area contributed by atoms with E-state index in [1.54, 1.807) is 0 Å². The van der Waals surface area contributed by atoms with Crippen LogP contribution in [0.1, 0.15) is 36.0 Å². The maximum absolute atomic E-state index is 12.3. The summed E-state index contributed by atoms with van der Waals surface area (Å²) in [5.74, 6) is -0.0301. The molecule has 0 heterocycles. The maximum Gasteiger partial charge on any atom is 0.282 e. The number of methoxy groups -OCH3 is 1. The smallest absolute Gasteiger partial charge is 0.282 e. The van der Waals surface area contributed by atoms with Crippen molar-refractivity contribution in [3.8, 4) is 5.75 Å². The highest BCUT2D eigenvalue weighted by molar-refractivity contribution is 5.98. The van der Waals surface area contributed by atoms with Gasteiger partial charge in [0.15, 0.2) is 0 Å². The zero-order chi connectivity index (χ0) is 15.4. The zero-order valence-electron chi connectivity index (χ0n) is 12.3. The average Bonchev–Trinajstić information content (AvgIpc) is 2.48. The molecule has 22 heavy (non-hydrogen) atoms. The van der Waals surface area contributed by atoms with E-state index in [1.807, 2.05) is 0 Å². The number of halogens is 1. The SMILES string of the molecule is COc1ccc([N+](=O)[O-])c(C(=O)NC2CCC(N)CC2)c1.Cl. The van der Waals surface area contributed by atoms with E-state index in [2.05, 4.69) is 5.32 Å². The van der Waals surface area contributed by atoms with Crippen molar-refractivity contribution in [1.29, 1.82) is 0 Å². The van der Waals surface area contributed by atoms with Crippen molar-refractivity contribution in [3.05, 3.63) is 33.9 Å². The number of hydrogen-bond acceptors (Lipinski definition) is 5. The van der Waals surface area contributed by atoms with Crippen LogP contribution in [0, 0.1) is 10.1 Å². The summed E-state index contributed by atoms with van der Waals surface area (Å²) >= 11 is 0. The molecular formula is C14H20ClN3O4. The van der Waals surface area contributed by atoms with Crippen LogP contribution in [0.3, 0.4) is 0 Å². The van der Waals surface area contributed by atoms with Crippen molar-refractivity contribution in [1.82, 2.24) is 5.32 Å². The summed E-state index contributed by atoms with van der Waals surface area (Å²) in [5.41, 5.74) is 5.62. The molecule has 0 aromatic heterocycles. The fraction of sp³-hybridized carbons (Fsp3) is 0.500. The molecule has 2 rings (SSSR count). The first-order valence-corrected chi connectivity index (χ1v) is 6.90. The van der Waals surface area contributed by atoms with Gasteiger partial charge in [0, 0.05) is 18.2 Å². The van der Waals surface area contributed by atoms with Gasteiger partial charge in [-0.2, -0.15) is 0 Å². The first kappa shape index (κ1) is 18.2. The number of ether oxygens (including phenoxy) is 1. The number of rotatable bonds is 4. The van der Waals surface area contributed by atoms with Gasteiger partial charge in [-0.3, -0.25) is 14.9 Å². The lowest BCUT2D eigenvalue weighted by atomic mass is 9.91. The molecule has 0 bridgehead atoms. The van der Waals surface area contributed by atoms with E-state index >= 15 is 0 Å². The minimum absolute atomic E-state index is 0. The molecule has 0 saturated heterocycles. The number of benzene rings is 1. The van der Waals surface area contributed by atoms with Crippen molar-refractivity contribution in [3.63, 3.8) is 0 Å². The summed E-state index contributed by atoms with van der Waals surface area (Å²) in [6.07, 6.45) is 3.30. The number of carbonyl (C=O) groups is 1. The Morgan fingerprint density at radius 1 is 1.36 bits per heavy atom. The molecule has 0 spiro atoms. The van der Waals surface area contributed by atoms with Gasteiger partial charge in [0.2, 0.25) is 0 Å². The van der Waals surface area contributed by atoms with Crippen LogP contribution in [0.4, 0.5) is 5.69 Å². The molecule has 1 amide bonds. The second-order valence-corrected chi connectivity index (χ2v) is 5.23. The Kier molecular flexibility index (Phi) is 6.58. The monoisotopic (exact) mass is 329 g/mol. The Hall–Kier alpha value is -1.86. The molecule has 0 aliphatic heterocycles. The van der Waals surface area contributed by atoms with Crippen molar-refractivity contribution in [2.75, 3.05) is 7.11 Å². The van der Waals surface area contributed by atoms with Crippen LogP contribution in [-0.2, 0) is 0 Å². The Balaban J connectivity index is 0.00000242. The van der Waals surface area contributed by atoms with Crippen molar-refractivity contribution >= 4 is 24.0 Å². The highest BCUT2D eigenvalue weighted by Crippen LogP contribution is 2.25. The molecular weight excluding hydrogens is 310 g/mol. The lowest BCUT2D eigenvalue weighted by Crippen LogP contribution is -2.40. The molecule has 3 N–H and O–H groups in total. The third-order valence-corrected chi connectivity index (χ3v) is 3.75. The van der Waals surface area contributed by atoms with Gasteiger partial charge in [-0.15, -0.1) is 12.4 Å². The van der Waals surface area contributed by atoms with E-state index in [1.165, 1.54) is 25.3 Å². The molecule has 1 aromatic carbocycles. The van der Waals surface area contributed by atoms with Gasteiger partial charge in [0.25, 0.3) is 11.6 Å². The summed E-state index contributed by atoms with van der Waals surface area (Å²) in [4.78, 5) is 22.8. The van der Waals surface area contributed by atoms with Crippen molar-refractivity contribution < 1.29 is 14.5 Å². The van der Waals surface area contributed by atoms with E-state index in [9.17, 15) is 14.9 Å². The number of amides is 1. The van der Waals surface area contributed by atoms with Gasteiger partial charge >= 0.3 is 0 Å². The van der Waals surface area contributed by atoms with E-state index in [0.29, 0.717) is 5.75 Å². The van der Waals surface area contributed by atoms with Gasteiger partial charge in [-0.1, -0.05) is 0 Å². The Morgan fingerprint density at radius 2 is 2.00 bits per heavy atom. The normalized spacial score (nSPS) is 20.6. The average molecular weight is 330 g/mol. The van der Waals surface area contributed by atoms with Crippen LogP contribution in [0.5, 0.6) is 5.75 Å². The zero-order valence-corrected chi connectivity index (χ0v) is 13.1. The summed E-state index contributed by atoms with van der Waals surface area (Å²) < 4.78 is 5.02. The molecule has 0 radical (unpaired) electrons. The Labute approximate surface area is 134 Å². The Bertz CT molecular complexity index is 545. The molecule has 0 atom stereocenters. The molecule has 1 fully saturated rings. The van der Waals surface area contributed by atoms with Gasteiger partial charge in [0.05, 0.1) is 12.0 Å². The number of nitrogens with one attached hydrogen (secondary N) is 1. The Morgan fingerprint density at radius 3 is 2.55 bits per heavy atom. The summed E-state index contributed by atoms with van der Waals surface area (Å²) in [6, 6.07) is 4.34. The number of nitro benzene ring substituents is 1. The second-order valence-electron chi connectivity index (χ2n) is 5.23. The molecule has 7 nitrogen and oxygen atoms in total. The number of nitrogens with two attached hydrogens (primary N) is 1. The number of carbonyl (C=O) groups excluding carboxylic acids is 1. The minimum atomic E-state index is -0.564. The molecule has 0 unspecified atom stereocenters. The number of nitrogens with zero attached hydrogens (tertiary/aromatic N) is 1. The standard InChI is InChI=1S/C14H19N3O4.ClH/c1-21-11-6-7-13(17(19)20)12(8-11)14(18)16-10-4-2-9(15)3-5-10;/h6-10H,2-5,15H2,1H3,(H,16,18);1H. The lowest BCUT2D eigenvalue weighted by Gasteiger charge is -2.26. The summed E-state index contributed by atoms with van der Waals surface area (Å²) in [6.45, 7) is 0. The minimum Gasteiger partial charge on any atom is -0.497 e. The second kappa shape index (κ2) is 7.95. The van der Waals surface area contributed by atoms with Crippen LogP contribution in [-0.4, -0.2) is 30.0 Å². The maximum atomic E-state index is 12.3. The molecule has 1 aliphatic rings. The van der Waals surface area contributed by atoms with Gasteiger partial charge in [-0.25, -0.2) is 0 Å². The fourth-order valence-electron chi connectivity index (χ4n) is 2.51. The molecule has 122 valence electrons. The summed E-state index contributed by atoms with van der Waals surface area (Å²) in [7, 11) is 1.45. The molecule has 1 aliphatic carbocycles. The van der Waals surface area contributed by atoms with Crippen molar-refractivity contribution in [2.45, 2.75) is 37.8 Å². The number of hydrogen-bond donors (Lipinski definition) is 2. The predicted octanol–water partition coefficient (Wildman–Crippen LogP) is 2.02. The first-order chi connectivity index (χ1) is 10.0. The van der Waals surface area contributed by atoms with Gasteiger partial charge in [-0.05, 0) is 37.8 Å². The summed E-state index contributed by atoms with van der Waals surface area (Å²) in [5, 5.41) is 13.9. The predicted molar refractivity (Wildman–Crippen MR) is 84.6 cm³/mol. The third kappa shape index (κ3) is 4.32. The van der Waals surface area contributed by atoms with E-state index < -0.39 is 10.8 Å². The lowest BCUT2D eigenvalue weighted by molar-refractivity contribution is -0.385. The highest BCUT2D eigenvalue weighted by atomic mass is 35.5. The largest absolute Gasteiger partial charge is 0.497 e. The van der Waals surface area contributed by atoms with Crippen LogP contribution >= 0.6 is 12.4 Å². The van der Waals surface area contributed by atoms with E-state index in [0.717, 1.165) is 25.7 Å². The topological polar surface area (TPSA) is 107 Å². The third-order valence-electron chi connectivity index (χ3n) is 3.75. The van der Waals surface area contributed by atoms with Gasteiger partial charge < -0.3 is 15.8 Å². The van der Waals surface area contributed by atoms with Crippen LogP contribution in [0.15, 0.2) is 18.2 Å². The van der Waals surface area contributed by atoms with E-state index in [4.69, 9.17) is 10.5 Å². The number of nitro groups is 1. The molecule has 8 heteroatoms. The first-order valence-electron chi connectivity index (χ1n) is 6.90. The quantitative estimate of drug-likeness (QED) is 0.649. The molecule has 1 aromatic rings. The highest BCUT2D eigenvalue weighted by Gasteiger charge is 2.25. The van der Waals surface area contributed by atoms with E-state index in [-0.39, 0.29) is 35.7 Å². The molecule has 1 saturated carbocycles. The van der Waals surface area contributed by atoms with Crippen LogP contribution in [0.25, 0.3) is 0 Å². The fourth-order valence-corrected chi connectivity index (χ4v) is 2.51. The van der Waals surface area contributed by atoms with Crippen LogP contribution < -0.4 is 15.8 Å². The van der Waals surface area contributed by atoms with Crippen molar-refractivity contribution in [2.24, 2.45) is 5.73 Å².